The zero-order chi connectivity index (χ0) is 24.9. The minimum absolute atomic E-state index is 0.258. The number of nitrogens with one attached hydrogen (secondary N) is 2. The van der Waals surface area contributed by atoms with Gasteiger partial charge in [0.25, 0.3) is 0 Å². The fraction of sp³-hybridized carbons (Fsp3) is 0.231. The van der Waals surface area contributed by atoms with Gasteiger partial charge in [-0.05, 0) is 23.8 Å². The molecule has 1 saturated heterocycles. The third-order valence-corrected chi connectivity index (χ3v) is 5.99. The first kappa shape index (κ1) is 23.3. The Morgan fingerprint density at radius 3 is 2.61 bits per heavy atom. The molecular formula is C26H27FN8O. The zero-order valence-corrected chi connectivity index (χ0v) is 19.8. The van der Waals surface area contributed by atoms with Crippen molar-refractivity contribution in [2.24, 2.45) is 0 Å². The fourth-order valence-electron chi connectivity index (χ4n) is 4.14. The number of fused-ring (bicyclic) bond motifs is 1. The SMILES string of the molecule is C=CCNc1nc(N2CCN(C(=O)Nc3cccc(F)c3)CC2)nc2c1ncn2Cc1ccccc1. The molecule has 0 bridgehead atoms. The number of hydrogen-bond donors (Lipinski definition) is 2. The van der Waals surface area contributed by atoms with E-state index in [9.17, 15) is 9.18 Å². The second kappa shape index (κ2) is 10.4. The summed E-state index contributed by atoms with van der Waals surface area (Å²) in [7, 11) is 0. The van der Waals surface area contributed by atoms with Crippen molar-refractivity contribution in [1.29, 1.82) is 0 Å². The number of piperazine rings is 1. The van der Waals surface area contributed by atoms with Crippen LogP contribution in [0.15, 0.2) is 73.6 Å². The van der Waals surface area contributed by atoms with E-state index >= 15 is 0 Å². The van der Waals surface area contributed by atoms with Gasteiger partial charge < -0.3 is 25.0 Å². The summed E-state index contributed by atoms with van der Waals surface area (Å²) >= 11 is 0. The van der Waals surface area contributed by atoms with E-state index in [1.165, 1.54) is 12.1 Å². The first-order chi connectivity index (χ1) is 17.6. The molecule has 4 aromatic rings. The molecule has 0 spiro atoms. The van der Waals surface area contributed by atoms with Crippen LogP contribution in [0.5, 0.6) is 0 Å². The number of hydrogen-bond acceptors (Lipinski definition) is 6. The summed E-state index contributed by atoms with van der Waals surface area (Å²) in [5, 5.41) is 6.03. The van der Waals surface area contributed by atoms with Crippen molar-refractivity contribution in [3.05, 3.63) is 85.0 Å². The number of aromatic nitrogens is 4. The molecule has 1 aliphatic heterocycles. The van der Waals surface area contributed by atoms with Gasteiger partial charge in [0.15, 0.2) is 17.0 Å². The van der Waals surface area contributed by atoms with E-state index in [0.29, 0.717) is 62.2 Å². The highest BCUT2D eigenvalue weighted by Crippen LogP contribution is 2.24. The van der Waals surface area contributed by atoms with Crippen molar-refractivity contribution < 1.29 is 9.18 Å². The molecule has 10 heteroatoms. The fourth-order valence-corrected chi connectivity index (χ4v) is 4.14. The molecule has 9 nitrogen and oxygen atoms in total. The van der Waals surface area contributed by atoms with Gasteiger partial charge >= 0.3 is 6.03 Å². The predicted octanol–water partition coefficient (Wildman–Crippen LogP) is 3.97. The molecule has 2 N–H and O–H groups in total. The van der Waals surface area contributed by atoms with Gasteiger partial charge in [0.1, 0.15) is 5.82 Å². The molecule has 36 heavy (non-hydrogen) atoms. The number of nitrogens with zero attached hydrogens (tertiary/aromatic N) is 6. The van der Waals surface area contributed by atoms with Gasteiger partial charge in [-0.3, -0.25) is 0 Å². The highest BCUT2D eigenvalue weighted by atomic mass is 19.1. The predicted molar refractivity (Wildman–Crippen MR) is 139 cm³/mol. The largest absolute Gasteiger partial charge is 0.365 e. The van der Waals surface area contributed by atoms with Gasteiger partial charge in [0.05, 0.1) is 12.9 Å². The van der Waals surface area contributed by atoms with Crippen molar-refractivity contribution in [2.75, 3.05) is 48.3 Å². The highest BCUT2D eigenvalue weighted by molar-refractivity contribution is 5.89. The van der Waals surface area contributed by atoms with E-state index in [-0.39, 0.29) is 6.03 Å². The highest BCUT2D eigenvalue weighted by Gasteiger charge is 2.24. The lowest BCUT2D eigenvalue weighted by Crippen LogP contribution is -2.50. The molecule has 3 heterocycles. The monoisotopic (exact) mass is 486 g/mol. The summed E-state index contributed by atoms with van der Waals surface area (Å²) < 4.78 is 15.5. The Kier molecular flexibility index (Phi) is 6.74. The zero-order valence-electron chi connectivity index (χ0n) is 19.8. The van der Waals surface area contributed by atoms with Crippen LogP contribution in [0, 0.1) is 5.82 Å². The van der Waals surface area contributed by atoms with Crippen molar-refractivity contribution in [2.45, 2.75) is 6.54 Å². The maximum Gasteiger partial charge on any atom is 0.321 e. The van der Waals surface area contributed by atoms with Crippen LogP contribution in [0.2, 0.25) is 0 Å². The molecule has 1 aliphatic rings. The number of rotatable bonds is 7. The average molecular weight is 487 g/mol. The van der Waals surface area contributed by atoms with E-state index in [4.69, 9.17) is 9.97 Å². The summed E-state index contributed by atoms with van der Waals surface area (Å²) in [5.41, 5.74) is 3.02. The molecule has 0 saturated carbocycles. The van der Waals surface area contributed by atoms with Crippen molar-refractivity contribution in [3.63, 3.8) is 0 Å². The number of carbonyl (C=O) groups is 1. The molecule has 0 aliphatic carbocycles. The summed E-state index contributed by atoms with van der Waals surface area (Å²) in [4.78, 5) is 30.6. The third-order valence-electron chi connectivity index (χ3n) is 5.99. The minimum atomic E-state index is -0.391. The maximum absolute atomic E-state index is 13.4. The molecule has 2 amide bonds. The number of halogens is 1. The van der Waals surface area contributed by atoms with Gasteiger partial charge in [0.2, 0.25) is 5.95 Å². The van der Waals surface area contributed by atoms with Crippen molar-refractivity contribution in [3.8, 4) is 0 Å². The van der Waals surface area contributed by atoms with Crippen LogP contribution in [-0.2, 0) is 6.54 Å². The Balaban J connectivity index is 1.34. The standard InChI is InChI=1S/C26H27FN8O/c1-2-11-28-23-22-24(35(18-29-22)17-19-7-4-3-5-8-19)32-25(31-23)33-12-14-34(15-13-33)26(36)30-21-10-6-9-20(27)16-21/h2-10,16,18H,1,11-15,17H2,(H,30,36)(H,28,31,32). The summed E-state index contributed by atoms with van der Waals surface area (Å²) in [6.07, 6.45) is 3.55. The molecule has 5 rings (SSSR count). The van der Waals surface area contributed by atoms with Gasteiger partial charge in [-0.2, -0.15) is 9.97 Å². The third kappa shape index (κ3) is 5.12. The lowest BCUT2D eigenvalue weighted by Gasteiger charge is -2.34. The average Bonchev–Trinajstić information content (AvgIpc) is 3.30. The minimum Gasteiger partial charge on any atom is -0.365 e. The van der Waals surface area contributed by atoms with Gasteiger partial charge in [-0.25, -0.2) is 14.2 Å². The quantitative estimate of drug-likeness (QED) is 0.384. The molecule has 0 atom stereocenters. The Labute approximate surface area is 208 Å². The topological polar surface area (TPSA) is 91.2 Å². The Hall–Kier alpha value is -4.47. The van der Waals surface area contributed by atoms with Gasteiger partial charge in [-0.1, -0.05) is 42.5 Å². The van der Waals surface area contributed by atoms with Crippen LogP contribution in [0.4, 0.5) is 26.6 Å². The van der Waals surface area contributed by atoms with Crippen molar-refractivity contribution in [1.82, 2.24) is 24.4 Å². The number of urea groups is 1. The van der Waals surface area contributed by atoms with Crippen LogP contribution in [0.1, 0.15) is 5.56 Å². The number of benzene rings is 2. The van der Waals surface area contributed by atoms with E-state index in [1.807, 2.05) is 22.8 Å². The van der Waals surface area contributed by atoms with Crippen LogP contribution in [-0.4, -0.2) is 63.2 Å². The molecule has 1 fully saturated rings. The lowest BCUT2D eigenvalue weighted by molar-refractivity contribution is 0.208. The molecular weight excluding hydrogens is 459 g/mol. The van der Waals surface area contributed by atoms with E-state index in [2.05, 4.69) is 39.2 Å². The van der Waals surface area contributed by atoms with Gasteiger partial charge in [0, 0.05) is 38.4 Å². The molecule has 184 valence electrons. The first-order valence-corrected chi connectivity index (χ1v) is 11.8. The Bertz CT molecular complexity index is 1370. The first-order valence-electron chi connectivity index (χ1n) is 11.8. The van der Waals surface area contributed by atoms with Crippen LogP contribution < -0.4 is 15.5 Å². The van der Waals surface area contributed by atoms with Crippen molar-refractivity contribution >= 4 is 34.6 Å². The molecule has 0 radical (unpaired) electrons. The second-order valence-corrected chi connectivity index (χ2v) is 8.49. The number of anilines is 3. The lowest BCUT2D eigenvalue weighted by atomic mass is 10.2. The Morgan fingerprint density at radius 2 is 1.86 bits per heavy atom. The number of amides is 2. The normalized spacial score (nSPS) is 13.6. The van der Waals surface area contributed by atoms with E-state index < -0.39 is 5.82 Å². The van der Waals surface area contributed by atoms with Crippen LogP contribution in [0.3, 0.4) is 0 Å². The molecule has 0 unspecified atom stereocenters. The summed E-state index contributed by atoms with van der Waals surface area (Å²) in [6, 6.07) is 15.8. The van der Waals surface area contributed by atoms with Crippen LogP contribution >= 0.6 is 0 Å². The van der Waals surface area contributed by atoms with Gasteiger partial charge in [-0.15, -0.1) is 6.58 Å². The van der Waals surface area contributed by atoms with Crippen LogP contribution in [0.25, 0.3) is 11.2 Å². The second-order valence-electron chi connectivity index (χ2n) is 8.49. The Morgan fingerprint density at radius 1 is 1.06 bits per heavy atom. The summed E-state index contributed by atoms with van der Waals surface area (Å²) in [6.45, 7) is 7.08. The smallest absolute Gasteiger partial charge is 0.321 e. The molecule has 2 aromatic heterocycles. The van der Waals surface area contributed by atoms with E-state index in [0.717, 1.165) is 11.2 Å². The number of imidazole rings is 1. The number of carbonyl (C=O) groups excluding carboxylic acids is 1. The molecule has 2 aromatic carbocycles. The summed E-state index contributed by atoms with van der Waals surface area (Å²) in [5.74, 6) is 0.833. The maximum atomic E-state index is 13.4. The van der Waals surface area contributed by atoms with E-state index in [1.54, 1.807) is 29.4 Å².